The Morgan fingerprint density at radius 1 is 1.17 bits per heavy atom. The van der Waals surface area contributed by atoms with Crippen molar-refractivity contribution in [3.63, 3.8) is 0 Å². The lowest BCUT2D eigenvalue weighted by atomic mass is 9.84. The Hall–Kier alpha value is -0.690. The van der Waals surface area contributed by atoms with Crippen molar-refractivity contribution in [3.05, 3.63) is 35.6 Å². The second kappa shape index (κ2) is 7.92. The van der Waals surface area contributed by atoms with Crippen molar-refractivity contribution in [2.24, 2.45) is 11.8 Å². The fraction of sp³-hybridized carbons (Fsp3) is 0.625. The maximum atomic E-state index is 13.2. The molecule has 1 unspecified atom stereocenters. The maximum Gasteiger partial charge on any atom is 0.218 e. The molecule has 1 aromatic rings. The van der Waals surface area contributed by atoms with Gasteiger partial charge in [0.2, 0.25) is 10.0 Å². The number of sulfonamides is 1. The van der Waals surface area contributed by atoms with E-state index in [1.165, 1.54) is 18.6 Å². The zero-order valence-electron chi connectivity index (χ0n) is 13.1. The smallest absolute Gasteiger partial charge is 0.218 e. The first-order valence-corrected chi connectivity index (χ1v) is 9.58. The summed E-state index contributed by atoms with van der Waals surface area (Å²) in [5.41, 5.74) is 0.516. The first-order valence-electron chi connectivity index (χ1n) is 7.97. The van der Waals surface area contributed by atoms with Gasteiger partial charge in [0.1, 0.15) is 5.82 Å². The summed E-state index contributed by atoms with van der Waals surface area (Å²) in [5, 5.41) is 3.38. The Kier molecular flexibility index (Phi) is 6.42. The summed E-state index contributed by atoms with van der Waals surface area (Å²) in [5.74, 6) is 0.837. The highest BCUT2D eigenvalue weighted by molar-refractivity contribution is 7.88. The third-order valence-electron chi connectivity index (χ3n) is 4.90. The van der Waals surface area contributed by atoms with Crippen LogP contribution in [0.3, 0.4) is 0 Å². The van der Waals surface area contributed by atoms with Crippen LogP contribution in [0.2, 0.25) is 0 Å². The van der Waals surface area contributed by atoms with Crippen molar-refractivity contribution >= 4 is 22.4 Å². The van der Waals surface area contributed by atoms with Gasteiger partial charge in [0.15, 0.2) is 0 Å². The van der Waals surface area contributed by atoms with Crippen LogP contribution in [0.4, 0.5) is 4.39 Å². The number of rotatable bonds is 4. The molecule has 0 spiro atoms. The zero-order valence-corrected chi connectivity index (χ0v) is 14.7. The van der Waals surface area contributed by atoms with Crippen LogP contribution in [0.1, 0.15) is 24.8 Å². The summed E-state index contributed by atoms with van der Waals surface area (Å²) in [7, 11) is -3.35. The highest BCUT2D eigenvalue weighted by atomic mass is 35.5. The van der Waals surface area contributed by atoms with E-state index in [4.69, 9.17) is 0 Å². The minimum atomic E-state index is -3.35. The van der Waals surface area contributed by atoms with Gasteiger partial charge in [-0.2, -0.15) is 0 Å². The van der Waals surface area contributed by atoms with Crippen molar-refractivity contribution in [1.82, 2.24) is 9.62 Å². The molecular formula is C16H24ClFN2O2S. The minimum absolute atomic E-state index is 0. The van der Waals surface area contributed by atoms with Crippen LogP contribution in [0.15, 0.2) is 24.3 Å². The first kappa shape index (κ1) is 18.6. The van der Waals surface area contributed by atoms with E-state index >= 15 is 0 Å². The van der Waals surface area contributed by atoms with E-state index in [0.29, 0.717) is 30.5 Å². The van der Waals surface area contributed by atoms with Gasteiger partial charge in [-0.15, -0.1) is 12.4 Å². The van der Waals surface area contributed by atoms with Gasteiger partial charge in [-0.05, 0) is 61.9 Å². The minimum Gasteiger partial charge on any atom is -0.316 e. The van der Waals surface area contributed by atoms with Gasteiger partial charge < -0.3 is 5.32 Å². The molecular weight excluding hydrogens is 339 g/mol. The van der Waals surface area contributed by atoms with E-state index in [9.17, 15) is 12.8 Å². The van der Waals surface area contributed by atoms with Crippen LogP contribution in [0.25, 0.3) is 0 Å². The zero-order chi connectivity index (χ0) is 15.6. The summed E-state index contributed by atoms with van der Waals surface area (Å²) >= 11 is 0. The normalized spacial score (nSPS) is 23.6. The Morgan fingerprint density at radius 2 is 1.91 bits per heavy atom. The number of nitrogens with zero attached hydrogens (tertiary/aromatic N) is 1. The monoisotopic (exact) mass is 362 g/mol. The Morgan fingerprint density at radius 3 is 2.52 bits per heavy atom. The standard InChI is InChI=1S/C16H23FN2O2S.ClH/c17-16-3-1-2-13(10-16)12-22(20,21)19-8-5-14(6-9-19)15-4-7-18-11-15;/h1-3,10,14-15,18H,4-9,11-12H2;1H. The lowest BCUT2D eigenvalue weighted by Crippen LogP contribution is -2.40. The van der Waals surface area contributed by atoms with Gasteiger partial charge in [0, 0.05) is 13.1 Å². The predicted octanol–water partition coefficient (Wildman–Crippen LogP) is 2.40. The summed E-state index contributed by atoms with van der Waals surface area (Å²) in [6, 6.07) is 5.85. The summed E-state index contributed by atoms with van der Waals surface area (Å²) < 4.78 is 39.7. The van der Waals surface area contributed by atoms with Crippen molar-refractivity contribution < 1.29 is 12.8 Å². The van der Waals surface area contributed by atoms with Gasteiger partial charge in [0.25, 0.3) is 0 Å². The molecule has 1 N–H and O–H groups in total. The molecule has 0 aliphatic carbocycles. The van der Waals surface area contributed by atoms with Gasteiger partial charge in [-0.1, -0.05) is 12.1 Å². The number of hydrogen-bond donors (Lipinski definition) is 1. The van der Waals surface area contributed by atoms with Crippen molar-refractivity contribution in [2.45, 2.75) is 25.0 Å². The molecule has 2 saturated heterocycles. The molecule has 0 saturated carbocycles. The van der Waals surface area contributed by atoms with E-state index in [0.717, 1.165) is 25.9 Å². The van der Waals surface area contributed by atoms with Crippen LogP contribution in [-0.2, 0) is 15.8 Å². The molecule has 130 valence electrons. The van der Waals surface area contributed by atoms with Crippen molar-refractivity contribution in [2.75, 3.05) is 26.2 Å². The van der Waals surface area contributed by atoms with Crippen LogP contribution in [-0.4, -0.2) is 38.9 Å². The first-order chi connectivity index (χ1) is 10.5. The molecule has 0 radical (unpaired) electrons. The number of benzene rings is 1. The van der Waals surface area contributed by atoms with Crippen molar-refractivity contribution in [3.8, 4) is 0 Å². The highest BCUT2D eigenvalue weighted by Crippen LogP contribution is 2.30. The van der Waals surface area contributed by atoms with Crippen LogP contribution >= 0.6 is 12.4 Å². The average Bonchev–Trinajstić information content (AvgIpc) is 3.01. The van der Waals surface area contributed by atoms with Crippen LogP contribution < -0.4 is 5.32 Å². The largest absolute Gasteiger partial charge is 0.316 e. The summed E-state index contributed by atoms with van der Waals surface area (Å²) in [6.45, 7) is 3.35. The lowest BCUT2D eigenvalue weighted by molar-refractivity contribution is 0.216. The second-order valence-electron chi connectivity index (χ2n) is 6.38. The van der Waals surface area contributed by atoms with Gasteiger partial charge >= 0.3 is 0 Å². The van der Waals surface area contributed by atoms with Gasteiger partial charge in [0.05, 0.1) is 5.75 Å². The molecule has 7 heteroatoms. The lowest BCUT2D eigenvalue weighted by Gasteiger charge is -2.34. The third-order valence-corrected chi connectivity index (χ3v) is 6.75. The fourth-order valence-corrected chi connectivity index (χ4v) is 5.18. The van der Waals surface area contributed by atoms with Crippen molar-refractivity contribution in [1.29, 1.82) is 0 Å². The Bertz CT molecular complexity index is 612. The molecule has 2 fully saturated rings. The molecule has 3 rings (SSSR count). The molecule has 4 nitrogen and oxygen atoms in total. The van der Waals surface area contributed by atoms with Crippen LogP contribution in [0, 0.1) is 17.7 Å². The highest BCUT2D eigenvalue weighted by Gasteiger charge is 2.32. The fourth-order valence-electron chi connectivity index (χ4n) is 3.63. The Balaban J connectivity index is 0.00000192. The molecule has 1 atom stereocenters. The molecule has 2 aliphatic heterocycles. The van der Waals surface area contributed by atoms with Gasteiger partial charge in [-0.3, -0.25) is 0 Å². The third kappa shape index (κ3) is 4.66. The maximum absolute atomic E-state index is 13.2. The van der Waals surface area contributed by atoms with Gasteiger partial charge in [-0.25, -0.2) is 17.1 Å². The Labute approximate surface area is 143 Å². The quantitative estimate of drug-likeness (QED) is 0.894. The number of piperidine rings is 1. The van der Waals surface area contributed by atoms with E-state index in [1.807, 2.05) is 0 Å². The van der Waals surface area contributed by atoms with E-state index < -0.39 is 10.0 Å². The molecule has 1 aromatic carbocycles. The number of halogens is 2. The number of nitrogens with one attached hydrogen (secondary N) is 1. The average molecular weight is 363 g/mol. The summed E-state index contributed by atoms with van der Waals surface area (Å²) in [4.78, 5) is 0. The molecule has 0 bridgehead atoms. The summed E-state index contributed by atoms with van der Waals surface area (Å²) in [6.07, 6.45) is 3.09. The number of hydrogen-bond acceptors (Lipinski definition) is 3. The molecule has 2 aliphatic rings. The molecule has 0 aromatic heterocycles. The second-order valence-corrected chi connectivity index (χ2v) is 8.34. The predicted molar refractivity (Wildman–Crippen MR) is 91.5 cm³/mol. The molecule has 23 heavy (non-hydrogen) atoms. The van der Waals surface area contributed by atoms with E-state index in [-0.39, 0.29) is 24.0 Å². The molecule has 2 heterocycles. The van der Waals surface area contributed by atoms with E-state index in [1.54, 1.807) is 16.4 Å². The van der Waals surface area contributed by atoms with E-state index in [2.05, 4.69) is 5.32 Å². The topological polar surface area (TPSA) is 49.4 Å². The molecule has 0 amide bonds. The SMILES string of the molecule is Cl.O=S(=O)(Cc1cccc(F)c1)N1CCC(C2CCNC2)CC1. The van der Waals surface area contributed by atoms with Crippen LogP contribution in [0.5, 0.6) is 0 Å².